The van der Waals surface area contributed by atoms with E-state index in [1.54, 1.807) is 0 Å². The molecular weight excluding hydrogens is 235 g/mol. The average molecular weight is 249 g/mol. The summed E-state index contributed by atoms with van der Waals surface area (Å²) in [7, 11) is 1.52. The molecule has 6 heteroatoms. The first-order valence-corrected chi connectivity index (χ1v) is 5.01. The highest BCUT2D eigenvalue weighted by molar-refractivity contribution is 5.37. The normalized spacial score (nSPS) is 11.6. The Hall–Kier alpha value is -1.27. The standard InChI is InChI=1S/C11H14F3NO2/c1-16-4-5-17-9-2-3-10(11(12,13)14)8(6-9)7-15/h2-3,6H,4-5,7,15H2,1H3. The molecule has 0 atom stereocenters. The van der Waals surface area contributed by atoms with Crippen LogP contribution in [0.15, 0.2) is 18.2 Å². The molecule has 1 aromatic rings. The first kappa shape index (κ1) is 13.8. The Balaban J connectivity index is 2.85. The van der Waals surface area contributed by atoms with Gasteiger partial charge in [0.15, 0.2) is 0 Å². The van der Waals surface area contributed by atoms with Gasteiger partial charge in [-0.05, 0) is 23.8 Å². The van der Waals surface area contributed by atoms with Crippen LogP contribution in [-0.2, 0) is 17.5 Å². The minimum Gasteiger partial charge on any atom is -0.491 e. The van der Waals surface area contributed by atoms with Crippen molar-refractivity contribution in [1.29, 1.82) is 0 Å². The minimum atomic E-state index is -4.39. The summed E-state index contributed by atoms with van der Waals surface area (Å²) < 4.78 is 47.6. The van der Waals surface area contributed by atoms with E-state index in [4.69, 9.17) is 15.2 Å². The van der Waals surface area contributed by atoms with Crippen LogP contribution >= 0.6 is 0 Å². The summed E-state index contributed by atoms with van der Waals surface area (Å²) in [6.07, 6.45) is -4.39. The Bertz CT molecular complexity index is 366. The van der Waals surface area contributed by atoms with Gasteiger partial charge in [-0.2, -0.15) is 13.2 Å². The van der Waals surface area contributed by atoms with E-state index in [1.807, 2.05) is 0 Å². The highest BCUT2D eigenvalue weighted by Gasteiger charge is 2.32. The van der Waals surface area contributed by atoms with Crippen molar-refractivity contribution < 1.29 is 22.6 Å². The molecule has 17 heavy (non-hydrogen) atoms. The molecule has 0 bridgehead atoms. The van der Waals surface area contributed by atoms with E-state index in [2.05, 4.69) is 0 Å². The second kappa shape index (κ2) is 5.88. The summed E-state index contributed by atoms with van der Waals surface area (Å²) in [6.45, 7) is 0.473. The van der Waals surface area contributed by atoms with Crippen LogP contribution in [0.1, 0.15) is 11.1 Å². The quantitative estimate of drug-likeness (QED) is 0.813. The molecule has 0 saturated carbocycles. The van der Waals surface area contributed by atoms with Crippen molar-refractivity contribution in [2.45, 2.75) is 12.7 Å². The van der Waals surface area contributed by atoms with E-state index in [0.717, 1.165) is 6.07 Å². The number of methoxy groups -OCH3 is 1. The maximum atomic E-state index is 12.6. The van der Waals surface area contributed by atoms with E-state index in [-0.39, 0.29) is 18.7 Å². The summed E-state index contributed by atoms with van der Waals surface area (Å²) in [5.41, 5.74) is 4.59. The summed E-state index contributed by atoms with van der Waals surface area (Å²) >= 11 is 0. The van der Waals surface area contributed by atoms with Gasteiger partial charge in [0, 0.05) is 13.7 Å². The van der Waals surface area contributed by atoms with Crippen LogP contribution in [0.3, 0.4) is 0 Å². The molecule has 1 aromatic carbocycles. The van der Waals surface area contributed by atoms with Crippen LogP contribution in [0.2, 0.25) is 0 Å². The Kier molecular flexibility index (Phi) is 4.77. The van der Waals surface area contributed by atoms with Gasteiger partial charge in [-0.1, -0.05) is 0 Å². The number of hydrogen-bond donors (Lipinski definition) is 1. The molecule has 2 N–H and O–H groups in total. The molecule has 0 radical (unpaired) electrons. The first-order valence-electron chi connectivity index (χ1n) is 5.01. The summed E-state index contributed by atoms with van der Waals surface area (Å²) in [4.78, 5) is 0. The molecule has 0 aromatic heterocycles. The van der Waals surface area contributed by atoms with Crippen molar-refractivity contribution in [2.24, 2.45) is 5.73 Å². The van der Waals surface area contributed by atoms with Gasteiger partial charge in [0.2, 0.25) is 0 Å². The maximum Gasteiger partial charge on any atom is 0.416 e. The topological polar surface area (TPSA) is 44.5 Å². The average Bonchev–Trinajstić information content (AvgIpc) is 2.28. The summed E-state index contributed by atoms with van der Waals surface area (Å²) in [5, 5.41) is 0. The van der Waals surface area contributed by atoms with Crippen LogP contribution < -0.4 is 10.5 Å². The predicted molar refractivity (Wildman–Crippen MR) is 56.7 cm³/mol. The number of benzene rings is 1. The van der Waals surface area contributed by atoms with E-state index in [9.17, 15) is 13.2 Å². The molecule has 1 rings (SSSR count). The van der Waals surface area contributed by atoms with Crippen molar-refractivity contribution in [3.63, 3.8) is 0 Å². The zero-order valence-electron chi connectivity index (χ0n) is 9.38. The number of nitrogens with two attached hydrogens (primary N) is 1. The molecule has 0 amide bonds. The van der Waals surface area contributed by atoms with Crippen molar-refractivity contribution >= 4 is 0 Å². The Morgan fingerprint density at radius 1 is 1.24 bits per heavy atom. The van der Waals surface area contributed by atoms with Crippen LogP contribution in [0.25, 0.3) is 0 Å². The number of halogens is 3. The molecule has 0 unspecified atom stereocenters. The minimum absolute atomic E-state index is 0.0208. The molecule has 0 spiro atoms. The van der Waals surface area contributed by atoms with E-state index in [1.165, 1.54) is 19.2 Å². The summed E-state index contributed by atoms with van der Waals surface area (Å²) in [5.74, 6) is 0.357. The lowest BCUT2D eigenvalue weighted by atomic mass is 10.1. The number of alkyl halides is 3. The van der Waals surface area contributed by atoms with Gasteiger partial charge in [-0.3, -0.25) is 0 Å². The highest BCUT2D eigenvalue weighted by Crippen LogP contribution is 2.33. The largest absolute Gasteiger partial charge is 0.491 e. The molecule has 0 saturated heterocycles. The van der Waals surface area contributed by atoms with Gasteiger partial charge in [-0.15, -0.1) is 0 Å². The van der Waals surface area contributed by atoms with E-state index in [0.29, 0.717) is 12.4 Å². The highest BCUT2D eigenvalue weighted by atomic mass is 19.4. The molecule has 0 fully saturated rings. The molecule has 0 aliphatic heterocycles. The lowest BCUT2D eigenvalue weighted by molar-refractivity contribution is -0.138. The van der Waals surface area contributed by atoms with E-state index < -0.39 is 11.7 Å². The third-order valence-electron chi connectivity index (χ3n) is 2.16. The number of rotatable bonds is 5. The fourth-order valence-corrected chi connectivity index (χ4v) is 1.35. The van der Waals surface area contributed by atoms with Crippen LogP contribution in [0.5, 0.6) is 5.75 Å². The van der Waals surface area contributed by atoms with E-state index >= 15 is 0 Å². The van der Waals surface area contributed by atoms with Gasteiger partial charge in [-0.25, -0.2) is 0 Å². The number of ether oxygens (including phenoxy) is 2. The van der Waals surface area contributed by atoms with Crippen molar-refractivity contribution in [3.8, 4) is 5.75 Å². The maximum absolute atomic E-state index is 12.6. The van der Waals surface area contributed by atoms with Crippen LogP contribution in [0.4, 0.5) is 13.2 Å². The van der Waals surface area contributed by atoms with Gasteiger partial charge >= 0.3 is 6.18 Å². The number of hydrogen-bond acceptors (Lipinski definition) is 3. The molecule has 0 aliphatic carbocycles. The van der Waals surface area contributed by atoms with Crippen molar-refractivity contribution in [3.05, 3.63) is 29.3 Å². The molecule has 96 valence electrons. The molecular formula is C11H14F3NO2. The zero-order chi connectivity index (χ0) is 12.9. The van der Waals surface area contributed by atoms with Gasteiger partial charge in [0.25, 0.3) is 0 Å². The first-order chi connectivity index (χ1) is 7.99. The fraction of sp³-hybridized carbons (Fsp3) is 0.455. The SMILES string of the molecule is COCCOc1ccc(C(F)(F)F)c(CN)c1. The predicted octanol–water partition coefficient (Wildman–Crippen LogP) is 2.19. The Morgan fingerprint density at radius 2 is 1.94 bits per heavy atom. The monoisotopic (exact) mass is 249 g/mol. The van der Waals surface area contributed by atoms with Gasteiger partial charge < -0.3 is 15.2 Å². The Labute approximate surface area is 97.3 Å². The summed E-state index contributed by atoms with van der Waals surface area (Å²) in [6, 6.07) is 3.56. The fourth-order valence-electron chi connectivity index (χ4n) is 1.35. The second-order valence-corrected chi connectivity index (χ2v) is 3.36. The van der Waals surface area contributed by atoms with Gasteiger partial charge in [0.05, 0.1) is 12.2 Å². The lowest BCUT2D eigenvalue weighted by Crippen LogP contribution is -2.12. The van der Waals surface area contributed by atoms with Crippen molar-refractivity contribution in [2.75, 3.05) is 20.3 Å². The van der Waals surface area contributed by atoms with Gasteiger partial charge in [0.1, 0.15) is 12.4 Å². The second-order valence-electron chi connectivity index (χ2n) is 3.36. The zero-order valence-corrected chi connectivity index (χ0v) is 9.38. The molecule has 0 heterocycles. The van der Waals surface area contributed by atoms with Crippen LogP contribution in [-0.4, -0.2) is 20.3 Å². The third-order valence-corrected chi connectivity index (χ3v) is 2.16. The lowest BCUT2D eigenvalue weighted by Gasteiger charge is -2.13. The van der Waals surface area contributed by atoms with Crippen molar-refractivity contribution in [1.82, 2.24) is 0 Å². The Morgan fingerprint density at radius 3 is 2.47 bits per heavy atom. The van der Waals surface area contributed by atoms with Crippen LogP contribution in [0, 0.1) is 0 Å². The smallest absolute Gasteiger partial charge is 0.416 e. The molecule has 3 nitrogen and oxygen atoms in total. The molecule has 0 aliphatic rings. The third kappa shape index (κ3) is 3.90.